The highest BCUT2D eigenvalue weighted by Crippen LogP contribution is 2.23. The molecule has 0 aliphatic heterocycles. The van der Waals surface area contributed by atoms with Gasteiger partial charge in [-0.25, -0.2) is 9.97 Å². The summed E-state index contributed by atoms with van der Waals surface area (Å²) in [6, 6.07) is 10.7. The van der Waals surface area contributed by atoms with Crippen molar-refractivity contribution >= 4 is 34.0 Å². The first kappa shape index (κ1) is 17.9. The molecule has 0 bridgehead atoms. The first-order valence-electron chi connectivity index (χ1n) is 7.98. The fourth-order valence-corrected chi connectivity index (χ4v) is 2.99. The van der Waals surface area contributed by atoms with Gasteiger partial charge in [0.1, 0.15) is 22.8 Å². The van der Waals surface area contributed by atoms with Crippen LogP contribution in [0.15, 0.2) is 54.2 Å². The molecule has 0 atom stereocenters. The average Bonchev–Trinajstić information content (AvgIpc) is 3.22. The number of ether oxygens (including phenoxy) is 1. The number of carbonyl (C=O) groups excluding carboxylic acids is 1. The van der Waals surface area contributed by atoms with E-state index in [2.05, 4.69) is 30.2 Å². The van der Waals surface area contributed by atoms with Crippen LogP contribution in [-0.4, -0.2) is 32.7 Å². The van der Waals surface area contributed by atoms with Crippen molar-refractivity contribution in [1.82, 2.24) is 20.2 Å². The summed E-state index contributed by atoms with van der Waals surface area (Å²) in [5.41, 5.74) is 3.21. The minimum atomic E-state index is -2.92. The summed E-state index contributed by atoms with van der Waals surface area (Å²) in [6.45, 7) is -2.92. The average molecular weight is 399 g/mol. The molecule has 0 aliphatic carbocycles. The lowest BCUT2D eigenvalue weighted by atomic mass is 10.2. The molecule has 0 unspecified atom stereocenters. The molecule has 1 amide bonds. The quantitative estimate of drug-likeness (QED) is 0.546. The fourth-order valence-electron chi connectivity index (χ4n) is 2.46. The Balaban J connectivity index is 1.54. The van der Waals surface area contributed by atoms with Crippen molar-refractivity contribution in [3.63, 3.8) is 0 Å². The van der Waals surface area contributed by atoms with Crippen molar-refractivity contribution in [1.29, 1.82) is 0 Å². The van der Waals surface area contributed by atoms with Crippen LogP contribution in [0.2, 0.25) is 0 Å². The van der Waals surface area contributed by atoms with Crippen LogP contribution in [0.1, 0.15) is 10.4 Å². The molecule has 0 saturated heterocycles. The molecule has 0 saturated carbocycles. The van der Waals surface area contributed by atoms with Crippen LogP contribution in [-0.2, 0) is 0 Å². The summed E-state index contributed by atoms with van der Waals surface area (Å²) in [6.07, 6.45) is 1.60. The molecule has 10 heteroatoms. The maximum Gasteiger partial charge on any atom is 0.387 e. The summed E-state index contributed by atoms with van der Waals surface area (Å²) in [5.74, 6) is -0.146. The van der Waals surface area contributed by atoms with Gasteiger partial charge < -0.3 is 10.1 Å². The van der Waals surface area contributed by atoms with Crippen LogP contribution < -0.4 is 10.1 Å². The molecule has 0 aliphatic rings. The second-order valence-electron chi connectivity index (χ2n) is 5.56. The molecule has 7 nitrogen and oxygen atoms in total. The predicted molar refractivity (Wildman–Crippen MR) is 99.5 cm³/mol. The number of nitrogens with zero attached hydrogens (tertiary/aromatic N) is 4. The maximum atomic E-state index is 12.4. The molecule has 0 spiro atoms. The molecular weight excluding hydrogens is 388 g/mol. The third-order valence-electron chi connectivity index (χ3n) is 3.74. The van der Waals surface area contributed by atoms with Crippen molar-refractivity contribution in [3.05, 3.63) is 59.7 Å². The van der Waals surface area contributed by atoms with E-state index in [4.69, 9.17) is 0 Å². The van der Waals surface area contributed by atoms with Gasteiger partial charge in [-0.15, -0.1) is 10.2 Å². The number of nitrogens with one attached hydrogen (secondary N) is 1. The molecule has 3 heterocycles. The van der Waals surface area contributed by atoms with Gasteiger partial charge >= 0.3 is 6.61 Å². The minimum Gasteiger partial charge on any atom is -0.435 e. The Morgan fingerprint density at radius 2 is 1.96 bits per heavy atom. The number of pyridine rings is 2. The highest BCUT2D eigenvalue weighted by Gasteiger charge is 2.11. The molecule has 4 rings (SSSR count). The van der Waals surface area contributed by atoms with Gasteiger partial charge in [0.25, 0.3) is 5.91 Å². The zero-order valence-corrected chi connectivity index (χ0v) is 14.9. The Bertz CT molecular complexity index is 1120. The van der Waals surface area contributed by atoms with Crippen LogP contribution in [0, 0.1) is 0 Å². The predicted octanol–water partition coefficient (Wildman–Crippen LogP) is 4.00. The first-order chi connectivity index (χ1) is 13.6. The topological polar surface area (TPSA) is 89.9 Å². The molecule has 140 valence electrons. The standard InChI is InChI=1S/C18H11F2N5O2S/c19-18(20)27-12-4-1-10(2-5-12)16(26)24-15-7-14-11(8-21-15)3-6-13(23-14)17-25-22-9-28-17/h1-9,18H,(H,21,24,26). The summed E-state index contributed by atoms with van der Waals surface area (Å²) >= 11 is 1.37. The molecule has 1 aromatic carbocycles. The van der Waals surface area contributed by atoms with Gasteiger partial charge in [0.2, 0.25) is 0 Å². The van der Waals surface area contributed by atoms with Gasteiger partial charge in [-0.05, 0) is 36.4 Å². The number of halogens is 2. The summed E-state index contributed by atoms with van der Waals surface area (Å²) in [7, 11) is 0. The van der Waals surface area contributed by atoms with E-state index in [1.807, 2.05) is 12.1 Å². The van der Waals surface area contributed by atoms with Gasteiger partial charge in [-0.1, -0.05) is 11.3 Å². The van der Waals surface area contributed by atoms with Crippen LogP contribution >= 0.6 is 11.3 Å². The number of rotatable bonds is 5. The zero-order chi connectivity index (χ0) is 19.5. The first-order valence-corrected chi connectivity index (χ1v) is 8.86. The Hall–Kier alpha value is -3.53. The molecule has 0 radical (unpaired) electrons. The monoisotopic (exact) mass is 399 g/mol. The van der Waals surface area contributed by atoms with Gasteiger partial charge in [0.05, 0.1) is 5.52 Å². The molecule has 1 N–H and O–H groups in total. The number of anilines is 1. The van der Waals surface area contributed by atoms with E-state index in [-0.39, 0.29) is 11.3 Å². The van der Waals surface area contributed by atoms with Crippen LogP contribution in [0.25, 0.3) is 21.6 Å². The van der Waals surface area contributed by atoms with Gasteiger partial charge in [-0.2, -0.15) is 8.78 Å². The number of amides is 1. The fraction of sp³-hybridized carbons (Fsp3) is 0.0556. The lowest BCUT2D eigenvalue weighted by Gasteiger charge is -2.07. The van der Waals surface area contributed by atoms with Crippen LogP contribution in [0.3, 0.4) is 0 Å². The van der Waals surface area contributed by atoms with Crippen molar-refractivity contribution in [2.45, 2.75) is 6.61 Å². The van der Waals surface area contributed by atoms with Crippen molar-refractivity contribution in [2.75, 3.05) is 5.32 Å². The smallest absolute Gasteiger partial charge is 0.387 e. The number of fused-ring (bicyclic) bond motifs is 1. The number of aromatic nitrogens is 4. The number of hydrogen-bond donors (Lipinski definition) is 1. The third-order valence-corrected chi connectivity index (χ3v) is 4.45. The van der Waals surface area contributed by atoms with E-state index >= 15 is 0 Å². The molecule has 28 heavy (non-hydrogen) atoms. The van der Waals surface area contributed by atoms with Crippen molar-refractivity contribution in [3.8, 4) is 16.5 Å². The molecule has 0 fully saturated rings. The Morgan fingerprint density at radius 1 is 1.14 bits per heavy atom. The second kappa shape index (κ2) is 7.61. The maximum absolute atomic E-state index is 12.4. The van der Waals surface area contributed by atoms with E-state index in [1.54, 1.807) is 17.8 Å². The van der Waals surface area contributed by atoms with E-state index < -0.39 is 12.5 Å². The molecular formula is C18H11F2N5O2S. The molecule has 4 aromatic rings. The van der Waals surface area contributed by atoms with E-state index in [1.165, 1.54) is 35.6 Å². The summed E-state index contributed by atoms with van der Waals surface area (Å²) in [5, 5.41) is 11.9. The number of hydrogen-bond acceptors (Lipinski definition) is 7. The Morgan fingerprint density at radius 3 is 2.68 bits per heavy atom. The lowest BCUT2D eigenvalue weighted by molar-refractivity contribution is -0.0498. The van der Waals surface area contributed by atoms with Gasteiger partial charge in [-0.3, -0.25) is 4.79 Å². The number of carbonyl (C=O) groups is 1. The SMILES string of the molecule is O=C(Nc1cc2nc(-c3nncs3)ccc2cn1)c1ccc(OC(F)F)cc1. The highest BCUT2D eigenvalue weighted by atomic mass is 32.1. The Labute approximate surface area is 161 Å². The van der Waals surface area contributed by atoms with Gasteiger partial charge in [0.15, 0.2) is 5.01 Å². The van der Waals surface area contributed by atoms with E-state index in [0.717, 1.165) is 5.39 Å². The van der Waals surface area contributed by atoms with Gasteiger partial charge in [0, 0.05) is 23.2 Å². The summed E-state index contributed by atoms with van der Waals surface area (Å²) < 4.78 is 28.6. The van der Waals surface area contributed by atoms with Crippen LogP contribution in [0.5, 0.6) is 5.75 Å². The lowest BCUT2D eigenvalue weighted by Crippen LogP contribution is -2.13. The second-order valence-corrected chi connectivity index (χ2v) is 6.39. The Kier molecular flexibility index (Phi) is 4.85. The third kappa shape index (κ3) is 3.91. The largest absolute Gasteiger partial charge is 0.435 e. The summed E-state index contributed by atoms with van der Waals surface area (Å²) in [4.78, 5) is 21.1. The van der Waals surface area contributed by atoms with E-state index in [9.17, 15) is 13.6 Å². The number of alkyl halides is 2. The highest BCUT2D eigenvalue weighted by molar-refractivity contribution is 7.12. The van der Waals surface area contributed by atoms with Crippen molar-refractivity contribution in [2.24, 2.45) is 0 Å². The number of benzene rings is 1. The van der Waals surface area contributed by atoms with Crippen molar-refractivity contribution < 1.29 is 18.3 Å². The minimum absolute atomic E-state index is 0.0243. The molecule has 3 aromatic heterocycles. The zero-order valence-electron chi connectivity index (χ0n) is 14.0. The normalized spacial score (nSPS) is 11.0. The van der Waals surface area contributed by atoms with Crippen LogP contribution in [0.4, 0.5) is 14.6 Å². The van der Waals surface area contributed by atoms with E-state index in [0.29, 0.717) is 22.0 Å².